The van der Waals surface area contributed by atoms with E-state index >= 15 is 0 Å². The number of anilines is 1. The Bertz CT molecular complexity index is 836. The van der Waals surface area contributed by atoms with Gasteiger partial charge in [-0.25, -0.2) is 4.79 Å². The maximum atomic E-state index is 12.8. The number of nitrogens with one attached hydrogen (secondary N) is 1. The van der Waals surface area contributed by atoms with E-state index in [0.717, 1.165) is 50.7 Å². The third kappa shape index (κ3) is 3.82. The minimum Gasteiger partial charge on any atom is -0.492 e. The Labute approximate surface area is 165 Å². The van der Waals surface area contributed by atoms with Crippen molar-refractivity contribution in [2.75, 3.05) is 45.2 Å². The van der Waals surface area contributed by atoms with Crippen LogP contribution in [0.3, 0.4) is 0 Å². The number of benzene rings is 1. The van der Waals surface area contributed by atoms with Gasteiger partial charge < -0.3 is 24.4 Å². The molecule has 2 aromatic rings. The predicted octanol–water partition coefficient (Wildman–Crippen LogP) is 2.19. The standard InChI is InChI=1S/C20H28N6O2/c1-3-28-17-7-5-4-6-16(17)21-20(27)25-11-8-15(14-25)19-23-22-18-9-10-24(2)12-13-26(18)19/h4-7,15H,3,8-14H2,1-2H3,(H,21,27). The molecule has 0 radical (unpaired) electrons. The van der Waals surface area contributed by atoms with Crippen molar-refractivity contribution in [3.05, 3.63) is 35.9 Å². The Balaban J connectivity index is 1.42. The van der Waals surface area contributed by atoms with Crippen molar-refractivity contribution in [2.24, 2.45) is 0 Å². The van der Waals surface area contributed by atoms with Gasteiger partial charge in [0.1, 0.15) is 17.4 Å². The topological polar surface area (TPSA) is 75.5 Å². The van der Waals surface area contributed by atoms with Gasteiger partial charge >= 0.3 is 6.03 Å². The second-order valence-corrected chi connectivity index (χ2v) is 7.47. The summed E-state index contributed by atoms with van der Waals surface area (Å²) < 4.78 is 7.87. The van der Waals surface area contributed by atoms with Gasteiger partial charge in [-0.3, -0.25) is 0 Å². The molecule has 2 aliphatic rings. The SMILES string of the molecule is CCOc1ccccc1NC(=O)N1CCC(c2nnc3n2CCN(C)CC3)C1. The Hall–Kier alpha value is -2.61. The molecular weight excluding hydrogens is 356 g/mol. The van der Waals surface area contributed by atoms with Crippen LogP contribution >= 0.6 is 0 Å². The molecule has 2 aliphatic heterocycles. The van der Waals surface area contributed by atoms with Crippen LogP contribution in [-0.4, -0.2) is 70.4 Å². The van der Waals surface area contributed by atoms with Crippen LogP contribution in [0.1, 0.15) is 30.9 Å². The molecule has 1 fully saturated rings. The first-order valence-corrected chi connectivity index (χ1v) is 10.0. The van der Waals surface area contributed by atoms with E-state index < -0.39 is 0 Å². The third-order valence-corrected chi connectivity index (χ3v) is 5.55. The highest BCUT2D eigenvalue weighted by Gasteiger charge is 2.32. The molecule has 8 nitrogen and oxygen atoms in total. The minimum atomic E-state index is -0.0926. The number of para-hydroxylation sites is 2. The van der Waals surface area contributed by atoms with Crippen LogP contribution in [0.2, 0.25) is 0 Å². The van der Waals surface area contributed by atoms with Crippen LogP contribution in [0, 0.1) is 0 Å². The molecule has 2 amide bonds. The average molecular weight is 384 g/mol. The van der Waals surface area contributed by atoms with Gasteiger partial charge in [0.2, 0.25) is 0 Å². The maximum Gasteiger partial charge on any atom is 0.321 e. The monoisotopic (exact) mass is 384 g/mol. The van der Waals surface area contributed by atoms with Crippen molar-refractivity contribution in [1.82, 2.24) is 24.6 Å². The average Bonchev–Trinajstić information content (AvgIpc) is 3.29. The molecule has 0 aliphatic carbocycles. The maximum absolute atomic E-state index is 12.8. The molecule has 1 atom stereocenters. The quantitative estimate of drug-likeness (QED) is 0.875. The number of carbonyl (C=O) groups is 1. The molecule has 8 heteroatoms. The molecule has 0 spiro atoms. The summed E-state index contributed by atoms with van der Waals surface area (Å²) in [5.74, 6) is 3.02. The van der Waals surface area contributed by atoms with Gasteiger partial charge in [0.15, 0.2) is 0 Å². The summed E-state index contributed by atoms with van der Waals surface area (Å²) in [4.78, 5) is 17.0. The summed E-state index contributed by atoms with van der Waals surface area (Å²) in [6.07, 6.45) is 1.84. The molecule has 150 valence electrons. The first-order valence-electron chi connectivity index (χ1n) is 10.0. The van der Waals surface area contributed by atoms with Crippen molar-refractivity contribution in [2.45, 2.75) is 32.2 Å². The Kier molecular flexibility index (Phi) is 5.47. The Morgan fingerprint density at radius 2 is 2.07 bits per heavy atom. The lowest BCUT2D eigenvalue weighted by molar-refractivity contribution is 0.221. The van der Waals surface area contributed by atoms with Crippen molar-refractivity contribution < 1.29 is 9.53 Å². The molecule has 4 rings (SSSR count). The first-order chi connectivity index (χ1) is 13.7. The molecule has 0 bridgehead atoms. The Morgan fingerprint density at radius 1 is 1.21 bits per heavy atom. The van der Waals surface area contributed by atoms with Crippen LogP contribution < -0.4 is 10.1 Å². The fraction of sp³-hybridized carbons (Fsp3) is 0.550. The number of likely N-dealkylation sites (tertiary alicyclic amines) is 1. The molecule has 1 aromatic heterocycles. The zero-order valence-corrected chi connectivity index (χ0v) is 16.6. The smallest absolute Gasteiger partial charge is 0.321 e. The lowest BCUT2D eigenvalue weighted by Crippen LogP contribution is -2.33. The summed E-state index contributed by atoms with van der Waals surface area (Å²) in [5, 5.41) is 11.9. The van der Waals surface area contributed by atoms with Crippen LogP contribution in [0.15, 0.2) is 24.3 Å². The number of nitrogens with zero attached hydrogens (tertiary/aromatic N) is 5. The zero-order chi connectivity index (χ0) is 19.5. The van der Waals surface area contributed by atoms with Crippen molar-refractivity contribution in [3.63, 3.8) is 0 Å². The summed E-state index contributed by atoms with van der Waals surface area (Å²) in [5.41, 5.74) is 0.706. The normalized spacial score (nSPS) is 19.9. The van der Waals surface area contributed by atoms with Gasteiger partial charge in [-0.2, -0.15) is 0 Å². The first kappa shape index (κ1) is 18.7. The molecule has 1 N–H and O–H groups in total. The number of rotatable bonds is 4. The Morgan fingerprint density at radius 3 is 2.93 bits per heavy atom. The van der Waals surface area contributed by atoms with Crippen molar-refractivity contribution in [1.29, 1.82) is 0 Å². The number of aromatic nitrogens is 3. The van der Waals surface area contributed by atoms with E-state index in [4.69, 9.17) is 4.74 Å². The van der Waals surface area contributed by atoms with Gasteiger partial charge in [-0.15, -0.1) is 10.2 Å². The second kappa shape index (κ2) is 8.18. The molecule has 0 saturated carbocycles. The highest BCUT2D eigenvalue weighted by Crippen LogP contribution is 2.29. The van der Waals surface area contributed by atoms with E-state index in [9.17, 15) is 4.79 Å². The predicted molar refractivity (Wildman–Crippen MR) is 107 cm³/mol. The van der Waals surface area contributed by atoms with Gasteiger partial charge in [0.25, 0.3) is 0 Å². The highest BCUT2D eigenvalue weighted by atomic mass is 16.5. The number of likely N-dealkylation sites (N-methyl/N-ethyl adjacent to an activating group) is 1. The van der Waals surface area contributed by atoms with Crippen LogP contribution in [0.5, 0.6) is 5.75 Å². The molecule has 1 unspecified atom stereocenters. The highest BCUT2D eigenvalue weighted by molar-refractivity contribution is 5.91. The summed E-state index contributed by atoms with van der Waals surface area (Å²) >= 11 is 0. The molecular formula is C20H28N6O2. The fourth-order valence-electron chi connectivity index (χ4n) is 3.95. The lowest BCUT2D eigenvalue weighted by atomic mass is 10.1. The molecule has 28 heavy (non-hydrogen) atoms. The summed E-state index contributed by atoms with van der Waals surface area (Å²) in [6, 6.07) is 7.44. The van der Waals surface area contributed by atoms with Crippen LogP contribution in [0.25, 0.3) is 0 Å². The van der Waals surface area contributed by atoms with E-state index in [2.05, 4.69) is 32.0 Å². The van der Waals surface area contributed by atoms with Gasteiger partial charge in [-0.05, 0) is 32.5 Å². The number of urea groups is 1. The zero-order valence-electron chi connectivity index (χ0n) is 16.6. The lowest BCUT2D eigenvalue weighted by Gasteiger charge is -2.19. The molecule has 3 heterocycles. The largest absolute Gasteiger partial charge is 0.492 e. The fourth-order valence-corrected chi connectivity index (χ4v) is 3.95. The molecule has 1 saturated heterocycles. The van der Waals surface area contributed by atoms with Crippen molar-refractivity contribution in [3.8, 4) is 5.75 Å². The van der Waals surface area contributed by atoms with E-state index in [1.165, 1.54) is 0 Å². The van der Waals surface area contributed by atoms with E-state index in [1.54, 1.807) is 0 Å². The van der Waals surface area contributed by atoms with E-state index in [-0.39, 0.29) is 11.9 Å². The van der Waals surface area contributed by atoms with E-state index in [0.29, 0.717) is 24.6 Å². The number of fused-ring (bicyclic) bond motifs is 1. The van der Waals surface area contributed by atoms with Crippen LogP contribution in [0.4, 0.5) is 10.5 Å². The summed E-state index contributed by atoms with van der Waals surface area (Å²) in [7, 11) is 2.14. The number of ether oxygens (including phenoxy) is 1. The van der Waals surface area contributed by atoms with Crippen molar-refractivity contribution >= 4 is 11.7 Å². The third-order valence-electron chi connectivity index (χ3n) is 5.55. The summed E-state index contributed by atoms with van der Waals surface area (Å²) in [6.45, 7) is 6.80. The number of hydrogen-bond donors (Lipinski definition) is 1. The number of hydrogen-bond acceptors (Lipinski definition) is 5. The molecule has 1 aromatic carbocycles. The van der Waals surface area contributed by atoms with Gasteiger partial charge in [-0.1, -0.05) is 12.1 Å². The second-order valence-electron chi connectivity index (χ2n) is 7.47. The van der Waals surface area contributed by atoms with E-state index in [1.807, 2.05) is 36.1 Å². The number of amides is 2. The minimum absolute atomic E-state index is 0.0926. The van der Waals surface area contributed by atoms with Crippen LogP contribution in [-0.2, 0) is 13.0 Å². The number of carbonyl (C=O) groups excluding carboxylic acids is 1. The van der Waals surface area contributed by atoms with Gasteiger partial charge in [0.05, 0.1) is 12.3 Å². The van der Waals surface area contributed by atoms with Gasteiger partial charge in [0, 0.05) is 45.1 Å².